The zero-order valence-electron chi connectivity index (χ0n) is 13.8. The number of halogens is 1. The van der Waals surface area contributed by atoms with Crippen molar-refractivity contribution in [2.45, 2.75) is 77.4 Å². The summed E-state index contributed by atoms with van der Waals surface area (Å²) in [6, 6.07) is 0. The number of quaternary nitrogens is 1. The van der Waals surface area contributed by atoms with Crippen molar-refractivity contribution in [3.8, 4) is 0 Å². The molecular formula is C15H34ClNNaO2. The molecule has 1 atom stereocenters. The predicted molar refractivity (Wildman–Crippen MR) is 82.4 cm³/mol. The van der Waals surface area contributed by atoms with E-state index in [-0.39, 0.29) is 42.0 Å². The minimum absolute atomic E-state index is 0. The Bertz CT molecular complexity index is 174. The van der Waals surface area contributed by atoms with Crippen LogP contribution in [0.1, 0.15) is 71.1 Å². The summed E-state index contributed by atoms with van der Waals surface area (Å²) in [4.78, 5) is 1.21. The molecule has 0 saturated carbocycles. The molecule has 0 aliphatic carbocycles. The Morgan fingerprint density at radius 1 is 0.800 bits per heavy atom. The number of aliphatic hydroxyl groups is 2. The normalized spacial score (nSPS) is 11.8. The first-order valence-electron chi connectivity index (χ1n) is 7.84. The number of aliphatic hydroxyl groups excluding tert-OH is 1. The molecule has 3 N–H and O–H groups in total. The molecule has 1 radical (unpaired) electrons. The zero-order chi connectivity index (χ0) is 13.6. The molecule has 0 saturated heterocycles. The van der Waals surface area contributed by atoms with E-state index in [9.17, 15) is 0 Å². The standard InChI is InChI=1S/C15H33NO2.ClH.Na/c1-3-4-5-6-7-8-9-10-11-12-13-16(2)14-15(17)18;;/h15,17-18H,3-14H2,1-2H3;1H;. The molecule has 0 spiro atoms. The molecule has 5 heteroatoms. The molecule has 119 valence electrons. The maximum Gasteiger partial charge on any atom is 0.202 e. The van der Waals surface area contributed by atoms with Crippen LogP contribution in [0, 0.1) is 0 Å². The van der Waals surface area contributed by atoms with Gasteiger partial charge in [-0.15, -0.1) is 0 Å². The fourth-order valence-electron chi connectivity index (χ4n) is 2.33. The van der Waals surface area contributed by atoms with Gasteiger partial charge in [0.15, 0.2) is 0 Å². The Labute approximate surface area is 154 Å². The molecule has 0 aromatic carbocycles. The third kappa shape index (κ3) is 21.5. The van der Waals surface area contributed by atoms with Gasteiger partial charge in [0.05, 0.1) is 13.6 Å². The maximum absolute atomic E-state index is 8.82. The van der Waals surface area contributed by atoms with Gasteiger partial charge in [-0.25, -0.2) is 0 Å². The summed E-state index contributed by atoms with van der Waals surface area (Å²) < 4.78 is 0. The van der Waals surface area contributed by atoms with Gasteiger partial charge in [0, 0.05) is 29.6 Å². The molecule has 0 aliphatic heterocycles. The summed E-state index contributed by atoms with van der Waals surface area (Å²) in [6.45, 7) is 3.75. The van der Waals surface area contributed by atoms with Gasteiger partial charge in [-0.05, 0) is 12.8 Å². The molecule has 20 heavy (non-hydrogen) atoms. The number of unbranched alkanes of at least 4 members (excludes halogenated alkanes) is 9. The van der Waals surface area contributed by atoms with Crippen molar-refractivity contribution < 1.29 is 27.5 Å². The van der Waals surface area contributed by atoms with Crippen LogP contribution in [0.15, 0.2) is 0 Å². The number of nitrogens with one attached hydrogen (secondary N) is 1. The Balaban J connectivity index is -0.00000144. The first-order valence-corrected chi connectivity index (χ1v) is 7.84. The SMILES string of the molecule is CCCCCCCCCCCC[NH+](C)CC(O)O.[Cl-].[Na]. The second kappa shape index (κ2) is 20.2. The van der Waals surface area contributed by atoms with Gasteiger partial charge in [0.25, 0.3) is 0 Å². The minimum atomic E-state index is -1.16. The molecule has 0 aromatic heterocycles. The zero-order valence-corrected chi connectivity index (χ0v) is 16.6. The van der Waals surface area contributed by atoms with Gasteiger partial charge >= 0.3 is 0 Å². The molecule has 0 heterocycles. The Hall–Kier alpha value is 1.17. The van der Waals surface area contributed by atoms with Gasteiger partial charge in [0.1, 0.15) is 6.54 Å². The Morgan fingerprint density at radius 3 is 1.60 bits per heavy atom. The molecule has 0 aromatic rings. The van der Waals surface area contributed by atoms with E-state index in [0.29, 0.717) is 6.54 Å². The summed E-state index contributed by atoms with van der Waals surface area (Å²) >= 11 is 0. The monoisotopic (exact) mass is 318 g/mol. The summed E-state index contributed by atoms with van der Waals surface area (Å²) in [6.07, 6.45) is 12.4. The van der Waals surface area contributed by atoms with Crippen molar-refractivity contribution in [3.63, 3.8) is 0 Å². The maximum atomic E-state index is 8.82. The predicted octanol–water partition coefficient (Wildman–Crippen LogP) is -1.64. The average molecular weight is 319 g/mol. The fourth-order valence-corrected chi connectivity index (χ4v) is 2.33. The van der Waals surface area contributed by atoms with Crippen molar-refractivity contribution in [1.29, 1.82) is 0 Å². The molecule has 0 fully saturated rings. The molecule has 3 nitrogen and oxygen atoms in total. The van der Waals surface area contributed by atoms with Crippen LogP contribution in [0.3, 0.4) is 0 Å². The first-order chi connectivity index (χ1) is 8.66. The van der Waals surface area contributed by atoms with Crippen LogP contribution >= 0.6 is 0 Å². The van der Waals surface area contributed by atoms with Crippen LogP contribution in [0.25, 0.3) is 0 Å². The van der Waals surface area contributed by atoms with E-state index in [1.54, 1.807) is 0 Å². The first kappa shape index (κ1) is 26.1. The Kier molecular flexibility index (Phi) is 26.3. The Morgan fingerprint density at radius 2 is 1.20 bits per heavy atom. The van der Waals surface area contributed by atoms with E-state index in [1.165, 1.54) is 69.1 Å². The van der Waals surface area contributed by atoms with Crippen molar-refractivity contribution in [2.24, 2.45) is 0 Å². The van der Waals surface area contributed by atoms with Gasteiger partial charge in [-0.2, -0.15) is 0 Å². The number of hydrogen-bond donors (Lipinski definition) is 3. The van der Waals surface area contributed by atoms with E-state index in [0.717, 1.165) is 6.54 Å². The van der Waals surface area contributed by atoms with Gasteiger partial charge in [-0.1, -0.05) is 58.3 Å². The third-order valence-electron chi connectivity index (χ3n) is 3.49. The third-order valence-corrected chi connectivity index (χ3v) is 3.49. The second-order valence-corrected chi connectivity index (χ2v) is 5.57. The van der Waals surface area contributed by atoms with E-state index in [2.05, 4.69) is 6.92 Å². The van der Waals surface area contributed by atoms with E-state index >= 15 is 0 Å². The van der Waals surface area contributed by atoms with Gasteiger partial charge in [-0.3, -0.25) is 0 Å². The van der Waals surface area contributed by atoms with Crippen LogP contribution in [-0.2, 0) is 0 Å². The van der Waals surface area contributed by atoms with E-state index in [1.807, 2.05) is 7.05 Å². The van der Waals surface area contributed by atoms with Crippen LogP contribution in [0.2, 0.25) is 0 Å². The quantitative estimate of drug-likeness (QED) is 0.217. The minimum Gasteiger partial charge on any atom is -1.00 e. The van der Waals surface area contributed by atoms with E-state index in [4.69, 9.17) is 10.2 Å². The molecule has 1 unspecified atom stereocenters. The number of likely N-dealkylation sites (N-methyl/N-ethyl adjacent to an activating group) is 1. The summed E-state index contributed by atoms with van der Waals surface area (Å²) in [5, 5.41) is 17.6. The van der Waals surface area contributed by atoms with Crippen molar-refractivity contribution in [2.75, 3.05) is 20.1 Å². The van der Waals surface area contributed by atoms with Gasteiger partial charge < -0.3 is 27.5 Å². The topological polar surface area (TPSA) is 44.9 Å². The van der Waals surface area contributed by atoms with Crippen LogP contribution in [0.5, 0.6) is 0 Å². The van der Waals surface area contributed by atoms with Crippen molar-refractivity contribution >= 4 is 29.6 Å². The summed E-state index contributed by atoms with van der Waals surface area (Å²) in [5.74, 6) is 0. The van der Waals surface area contributed by atoms with Crippen LogP contribution < -0.4 is 17.3 Å². The number of rotatable bonds is 13. The average Bonchev–Trinajstić information content (AvgIpc) is 2.30. The molecule has 0 aliphatic rings. The fraction of sp³-hybridized carbons (Fsp3) is 1.00. The molecular weight excluding hydrogens is 285 g/mol. The van der Waals surface area contributed by atoms with Gasteiger partial charge in [0.2, 0.25) is 6.29 Å². The second-order valence-electron chi connectivity index (χ2n) is 5.57. The molecule has 0 rings (SSSR count). The van der Waals surface area contributed by atoms with Crippen molar-refractivity contribution in [3.05, 3.63) is 0 Å². The van der Waals surface area contributed by atoms with Crippen molar-refractivity contribution in [1.82, 2.24) is 0 Å². The van der Waals surface area contributed by atoms with Crippen LogP contribution in [0.4, 0.5) is 0 Å². The van der Waals surface area contributed by atoms with Crippen LogP contribution in [-0.4, -0.2) is 66.2 Å². The largest absolute Gasteiger partial charge is 1.00 e. The van der Waals surface area contributed by atoms with E-state index < -0.39 is 6.29 Å². The summed E-state index contributed by atoms with van der Waals surface area (Å²) in [7, 11) is 2.02. The molecule has 0 bridgehead atoms. The summed E-state index contributed by atoms with van der Waals surface area (Å²) in [5.41, 5.74) is 0. The smallest absolute Gasteiger partial charge is 0.202 e. The number of hydrogen-bond acceptors (Lipinski definition) is 2. The molecule has 0 amide bonds.